The zero-order chi connectivity index (χ0) is 15.7. The predicted molar refractivity (Wildman–Crippen MR) is 76.9 cm³/mol. The van der Waals surface area contributed by atoms with Crippen LogP contribution in [0.2, 0.25) is 0 Å². The summed E-state index contributed by atoms with van der Waals surface area (Å²) in [6.45, 7) is -1.38. The Balaban J connectivity index is 2.03. The number of carbonyl (C=O) groups excluding carboxylic acids is 1. The second kappa shape index (κ2) is 5.45. The van der Waals surface area contributed by atoms with Crippen LogP contribution >= 0.6 is 11.3 Å². The number of thiazole rings is 1. The van der Waals surface area contributed by atoms with Gasteiger partial charge in [0.25, 0.3) is 5.91 Å². The molecule has 0 radical (unpaired) electrons. The number of hydrogen-bond donors (Lipinski definition) is 1. The van der Waals surface area contributed by atoms with E-state index in [2.05, 4.69) is 4.98 Å². The van der Waals surface area contributed by atoms with Crippen LogP contribution in [0, 0.1) is 0 Å². The maximum Gasteiger partial charge on any atom is 0.405 e. The van der Waals surface area contributed by atoms with Gasteiger partial charge in [0.15, 0.2) is 10.7 Å². The van der Waals surface area contributed by atoms with Gasteiger partial charge in [-0.05, 0) is 0 Å². The largest absolute Gasteiger partial charge is 0.405 e. The third-order valence-electron chi connectivity index (χ3n) is 2.97. The van der Waals surface area contributed by atoms with E-state index in [0.717, 1.165) is 0 Å². The molecule has 0 aliphatic rings. The minimum atomic E-state index is -4.46. The molecule has 0 spiro atoms. The first-order valence-electron chi connectivity index (χ1n) is 6.31. The van der Waals surface area contributed by atoms with E-state index in [-0.39, 0.29) is 5.69 Å². The summed E-state index contributed by atoms with van der Waals surface area (Å²) in [5.74, 6) is -0.841. The lowest BCUT2D eigenvalue weighted by molar-refractivity contribution is -0.123. The lowest BCUT2D eigenvalue weighted by Gasteiger charge is -2.08. The Morgan fingerprint density at radius 2 is 2.00 bits per heavy atom. The third-order valence-corrected chi connectivity index (χ3v) is 3.73. The molecule has 0 unspecified atom stereocenters. The van der Waals surface area contributed by atoms with Crippen LogP contribution in [-0.2, 0) is 0 Å². The van der Waals surface area contributed by atoms with Gasteiger partial charge in [0.1, 0.15) is 6.54 Å². The van der Waals surface area contributed by atoms with Gasteiger partial charge in [-0.3, -0.25) is 9.20 Å². The van der Waals surface area contributed by atoms with Crippen LogP contribution in [0.25, 0.3) is 16.2 Å². The number of alkyl halides is 3. The molecular weight excluding hydrogens is 315 g/mol. The monoisotopic (exact) mass is 325 g/mol. The Morgan fingerprint density at radius 3 is 2.68 bits per heavy atom. The molecular formula is C14H10F3N3OS. The maximum absolute atomic E-state index is 12.3. The van der Waals surface area contributed by atoms with Gasteiger partial charge in [0, 0.05) is 17.1 Å². The predicted octanol–water partition coefficient (Wildman–Crippen LogP) is 3.35. The van der Waals surface area contributed by atoms with Crippen molar-refractivity contribution in [1.29, 1.82) is 0 Å². The van der Waals surface area contributed by atoms with Crippen molar-refractivity contribution >= 4 is 22.2 Å². The number of benzene rings is 1. The fraction of sp³-hybridized carbons (Fsp3) is 0.143. The van der Waals surface area contributed by atoms with Crippen molar-refractivity contribution in [2.24, 2.45) is 0 Å². The standard InChI is InChI=1S/C14H10F3N3OS/c15-14(16,17)8-18-12(21)10-11(9-4-2-1-3-5-9)20-6-7-22-13(20)19-10/h1-7H,8H2,(H,18,21). The molecule has 4 nitrogen and oxygen atoms in total. The number of nitrogens with one attached hydrogen (secondary N) is 1. The molecule has 0 aliphatic heterocycles. The van der Waals surface area contributed by atoms with E-state index in [1.807, 2.05) is 11.4 Å². The Bertz CT molecular complexity index is 808. The molecule has 1 N–H and O–H groups in total. The molecule has 1 aromatic carbocycles. The number of hydrogen-bond acceptors (Lipinski definition) is 3. The molecule has 2 aromatic heterocycles. The Hall–Kier alpha value is -2.35. The topological polar surface area (TPSA) is 46.4 Å². The van der Waals surface area contributed by atoms with Crippen LogP contribution in [0.5, 0.6) is 0 Å². The van der Waals surface area contributed by atoms with E-state index in [1.54, 1.807) is 40.2 Å². The maximum atomic E-state index is 12.3. The van der Waals surface area contributed by atoms with Crippen LogP contribution in [-0.4, -0.2) is 28.0 Å². The van der Waals surface area contributed by atoms with Crippen LogP contribution in [0.15, 0.2) is 41.9 Å². The summed E-state index contributed by atoms with van der Waals surface area (Å²) >= 11 is 1.31. The summed E-state index contributed by atoms with van der Waals surface area (Å²) in [7, 11) is 0. The zero-order valence-corrected chi connectivity index (χ0v) is 11.9. The number of rotatable bonds is 3. The molecule has 3 rings (SSSR count). The number of halogens is 3. The van der Waals surface area contributed by atoms with Gasteiger partial charge in [-0.2, -0.15) is 13.2 Å². The molecule has 3 aromatic rings. The number of imidazole rings is 1. The normalized spacial score (nSPS) is 11.8. The van der Waals surface area contributed by atoms with Gasteiger partial charge in [0.05, 0.1) is 5.69 Å². The molecule has 0 saturated carbocycles. The minimum Gasteiger partial charge on any atom is -0.342 e. The average Bonchev–Trinajstić information content (AvgIpc) is 3.05. The van der Waals surface area contributed by atoms with E-state index in [0.29, 0.717) is 16.2 Å². The molecule has 2 heterocycles. The van der Waals surface area contributed by atoms with Gasteiger partial charge in [-0.25, -0.2) is 4.98 Å². The molecule has 0 fully saturated rings. The van der Waals surface area contributed by atoms with E-state index in [4.69, 9.17) is 0 Å². The summed E-state index contributed by atoms with van der Waals surface area (Å²) in [5, 5.41) is 3.66. The van der Waals surface area contributed by atoms with Crippen molar-refractivity contribution in [3.8, 4) is 11.3 Å². The van der Waals surface area contributed by atoms with E-state index in [1.165, 1.54) is 11.3 Å². The highest BCUT2D eigenvalue weighted by Crippen LogP contribution is 2.27. The van der Waals surface area contributed by atoms with E-state index in [9.17, 15) is 18.0 Å². The molecule has 114 valence electrons. The van der Waals surface area contributed by atoms with Gasteiger partial charge in [0.2, 0.25) is 0 Å². The van der Waals surface area contributed by atoms with Crippen molar-refractivity contribution in [3.63, 3.8) is 0 Å². The van der Waals surface area contributed by atoms with Gasteiger partial charge < -0.3 is 5.32 Å². The third kappa shape index (κ3) is 2.82. The van der Waals surface area contributed by atoms with Crippen LogP contribution < -0.4 is 5.32 Å². The number of carbonyl (C=O) groups is 1. The lowest BCUT2D eigenvalue weighted by atomic mass is 10.1. The van der Waals surface area contributed by atoms with Crippen molar-refractivity contribution in [1.82, 2.24) is 14.7 Å². The van der Waals surface area contributed by atoms with Crippen LogP contribution in [0.3, 0.4) is 0 Å². The highest BCUT2D eigenvalue weighted by atomic mass is 32.1. The summed E-state index contributed by atoms with van der Waals surface area (Å²) in [6, 6.07) is 8.96. The molecule has 0 saturated heterocycles. The van der Waals surface area contributed by atoms with Gasteiger partial charge in [-0.15, -0.1) is 11.3 Å². The highest BCUT2D eigenvalue weighted by molar-refractivity contribution is 7.15. The zero-order valence-electron chi connectivity index (χ0n) is 11.1. The average molecular weight is 325 g/mol. The first-order chi connectivity index (χ1) is 10.5. The molecule has 0 atom stereocenters. The molecule has 8 heteroatoms. The Morgan fingerprint density at radius 1 is 1.27 bits per heavy atom. The molecule has 1 amide bonds. The second-order valence-corrected chi connectivity index (χ2v) is 5.40. The van der Waals surface area contributed by atoms with Crippen molar-refractivity contribution in [3.05, 3.63) is 47.6 Å². The SMILES string of the molecule is O=C(NCC(F)(F)F)c1nc2sccn2c1-c1ccccc1. The summed E-state index contributed by atoms with van der Waals surface area (Å²) in [4.78, 5) is 16.8. The smallest absolute Gasteiger partial charge is 0.342 e. The van der Waals surface area contributed by atoms with Crippen molar-refractivity contribution in [2.75, 3.05) is 6.54 Å². The first kappa shape index (κ1) is 14.6. The van der Waals surface area contributed by atoms with E-state index >= 15 is 0 Å². The summed E-state index contributed by atoms with van der Waals surface area (Å²) in [5.41, 5.74) is 1.18. The Kier molecular flexibility index (Phi) is 3.61. The number of nitrogens with zero attached hydrogens (tertiary/aromatic N) is 2. The quantitative estimate of drug-likeness (QED) is 0.803. The number of amides is 1. The van der Waals surface area contributed by atoms with Crippen LogP contribution in [0.4, 0.5) is 13.2 Å². The van der Waals surface area contributed by atoms with Crippen LogP contribution in [0.1, 0.15) is 10.5 Å². The van der Waals surface area contributed by atoms with E-state index < -0.39 is 18.6 Å². The first-order valence-corrected chi connectivity index (χ1v) is 7.19. The van der Waals surface area contributed by atoms with Crippen molar-refractivity contribution in [2.45, 2.75) is 6.18 Å². The highest BCUT2D eigenvalue weighted by Gasteiger charge is 2.29. The molecule has 0 aliphatic carbocycles. The fourth-order valence-electron chi connectivity index (χ4n) is 2.08. The summed E-state index contributed by atoms with van der Waals surface area (Å²) in [6.07, 6.45) is -2.73. The number of aromatic nitrogens is 2. The molecule has 22 heavy (non-hydrogen) atoms. The minimum absolute atomic E-state index is 0.0118. The number of fused-ring (bicyclic) bond motifs is 1. The lowest BCUT2D eigenvalue weighted by Crippen LogP contribution is -2.34. The summed E-state index contributed by atoms with van der Waals surface area (Å²) < 4.78 is 38.5. The second-order valence-electron chi connectivity index (χ2n) is 4.53. The van der Waals surface area contributed by atoms with Gasteiger partial charge >= 0.3 is 6.18 Å². The molecule has 0 bridgehead atoms. The Labute approximate surface area is 127 Å². The fourth-order valence-corrected chi connectivity index (χ4v) is 2.79. The van der Waals surface area contributed by atoms with Gasteiger partial charge in [-0.1, -0.05) is 30.3 Å². The van der Waals surface area contributed by atoms with Crippen molar-refractivity contribution < 1.29 is 18.0 Å².